The number of pyridine rings is 1. The molecular formula is C15H12N2O3. The number of terminal acetylenes is 1. The van der Waals surface area contributed by atoms with E-state index in [1.807, 2.05) is 18.2 Å². The van der Waals surface area contributed by atoms with Crippen molar-refractivity contribution in [2.75, 3.05) is 0 Å². The largest absolute Gasteiger partial charge is 0.480 e. The highest BCUT2D eigenvalue weighted by atomic mass is 16.4. The molecule has 0 aliphatic carbocycles. The summed E-state index contributed by atoms with van der Waals surface area (Å²) in [6.07, 6.45) is 5.00. The first-order valence-corrected chi connectivity index (χ1v) is 5.94. The van der Waals surface area contributed by atoms with Gasteiger partial charge >= 0.3 is 5.97 Å². The van der Waals surface area contributed by atoms with Gasteiger partial charge in [-0.25, -0.2) is 9.78 Å². The first kappa shape index (κ1) is 13.6. The van der Waals surface area contributed by atoms with Crippen LogP contribution in [-0.4, -0.2) is 28.0 Å². The average molecular weight is 268 g/mol. The fourth-order valence-corrected chi connectivity index (χ4v) is 1.74. The number of carboxylic acid groups (broad SMARTS) is 1. The van der Waals surface area contributed by atoms with Crippen LogP contribution in [-0.2, 0) is 4.79 Å². The van der Waals surface area contributed by atoms with Crippen molar-refractivity contribution in [1.29, 1.82) is 0 Å². The van der Waals surface area contributed by atoms with E-state index in [1.54, 1.807) is 18.2 Å². The van der Waals surface area contributed by atoms with E-state index in [-0.39, 0.29) is 12.1 Å². The molecule has 0 spiro atoms. The van der Waals surface area contributed by atoms with Crippen molar-refractivity contribution in [3.05, 3.63) is 42.1 Å². The van der Waals surface area contributed by atoms with Gasteiger partial charge in [-0.3, -0.25) is 4.79 Å². The third-order valence-corrected chi connectivity index (χ3v) is 2.76. The van der Waals surface area contributed by atoms with Gasteiger partial charge in [0.25, 0.3) is 5.91 Å². The molecule has 2 aromatic rings. The van der Waals surface area contributed by atoms with E-state index in [2.05, 4.69) is 16.2 Å². The zero-order valence-electron chi connectivity index (χ0n) is 10.5. The van der Waals surface area contributed by atoms with Crippen molar-refractivity contribution in [3.63, 3.8) is 0 Å². The van der Waals surface area contributed by atoms with Crippen LogP contribution in [0.4, 0.5) is 0 Å². The standard InChI is InChI=1S/C15H12N2O3/c1-2-5-13(15(19)20)17-14(18)12-9-8-10-6-3-4-7-11(10)16-12/h1,3-4,6-9,13H,5H2,(H,17,18)(H,19,20)/t13-/m1/s1. The number of amides is 1. The lowest BCUT2D eigenvalue weighted by atomic mass is 10.2. The summed E-state index contributed by atoms with van der Waals surface area (Å²) in [6.45, 7) is 0. The number of benzene rings is 1. The molecule has 5 nitrogen and oxygen atoms in total. The summed E-state index contributed by atoms with van der Waals surface area (Å²) in [5.41, 5.74) is 0.830. The summed E-state index contributed by atoms with van der Waals surface area (Å²) in [6, 6.07) is 9.54. The number of nitrogens with one attached hydrogen (secondary N) is 1. The van der Waals surface area contributed by atoms with Gasteiger partial charge in [0, 0.05) is 11.8 Å². The topological polar surface area (TPSA) is 79.3 Å². The second kappa shape index (κ2) is 5.85. The smallest absolute Gasteiger partial charge is 0.327 e. The molecule has 0 saturated carbocycles. The number of rotatable bonds is 4. The predicted octanol–water partition coefficient (Wildman–Crippen LogP) is 1.44. The van der Waals surface area contributed by atoms with Crippen molar-refractivity contribution in [2.45, 2.75) is 12.5 Å². The highest BCUT2D eigenvalue weighted by Crippen LogP contribution is 2.11. The van der Waals surface area contributed by atoms with E-state index in [0.29, 0.717) is 5.52 Å². The molecule has 5 heteroatoms. The van der Waals surface area contributed by atoms with Gasteiger partial charge in [0.15, 0.2) is 0 Å². The molecule has 2 N–H and O–H groups in total. The van der Waals surface area contributed by atoms with Crippen LogP contribution in [0.15, 0.2) is 36.4 Å². The summed E-state index contributed by atoms with van der Waals surface area (Å²) >= 11 is 0. The Balaban J connectivity index is 2.22. The molecule has 20 heavy (non-hydrogen) atoms. The molecule has 1 amide bonds. The van der Waals surface area contributed by atoms with Gasteiger partial charge in [0.1, 0.15) is 11.7 Å². The maximum absolute atomic E-state index is 12.0. The van der Waals surface area contributed by atoms with Crippen LogP contribution >= 0.6 is 0 Å². The molecule has 0 aliphatic heterocycles. The summed E-state index contributed by atoms with van der Waals surface area (Å²) in [5.74, 6) is 0.493. The molecular weight excluding hydrogens is 256 g/mol. The summed E-state index contributed by atoms with van der Waals surface area (Å²) < 4.78 is 0. The monoisotopic (exact) mass is 268 g/mol. The second-order valence-corrected chi connectivity index (χ2v) is 4.16. The number of para-hydroxylation sites is 1. The van der Waals surface area contributed by atoms with E-state index in [0.717, 1.165) is 5.39 Å². The molecule has 0 unspecified atom stereocenters. The van der Waals surface area contributed by atoms with Crippen molar-refractivity contribution >= 4 is 22.8 Å². The number of nitrogens with zero attached hydrogens (tertiary/aromatic N) is 1. The van der Waals surface area contributed by atoms with Gasteiger partial charge in [-0.05, 0) is 12.1 Å². The number of aliphatic carboxylic acids is 1. The Morgan fingerprint density at radius 2 is 2.05 bits per heavy atom. The molecule has 0 bridgehead atoms. The third-order valence-electron chi connectivity index (χ3n) is 2.76. The highest BCUT2D eigenvalue weighted by Gasteiger charge is 2.20. The van der Waals surface area contributed by atoms with Gasteiger partial charge in [-0.15, -0.1) is 12.3 Å². The van der Waals surface area contributed by atoms with Crippen LogP contribution in [0.25, 0.3) is 10.9 Å². The van der Waals surface area contributed by atoms with Crippen LogP contribution < -0.4 is 5.32 Å². The van der Waals surface area contributed by atoms with Crippen molar-refractivity contribution in [3.8, 4) is 12.3 Å². The van der Waals surface area contributed by atoms with E-state index in [1.165, 1.54) is 0 Å². The number of carboxylic acids is 1. The van der Waals surface area contributed by atoms with Crippen molar-refractivity contribution < 1.29 is 14.7 Å². The Bertz CT molecular complexity index is 704. The van der Waals surface area contributed by atoms with E-state index >= 15 is 0 Å². The average Bonchev–Trinajstić information content (AvgIpc) is 2.46. The van der Waals surface area contributed by atoms with Crippen LogP contribution in [0.5, 0.6) is 0 Å². The minimum atomic E-state index is -1.17. The Morgan fingerprint density at radius 3 is 2.75 bits per heavy atom. The van der Waals surface area contributed by atoms with Crippen molar-refractivity contribution in [1.82, 2.24) is 10.3 Å². The second-order valence-electron chi connectivity index (χ2n) is 4.16. The maximum Gasteiger partial charge on any atom is 0.327 e. The maximum atomic E-state index is 12.0. The molecule has 1 heterocycles. The van der Waals surface area contributed by atoms with E-state index in [4.69, 9.17) is 11.5 Å². The number of carbonyl (C=O) groups excluding carboxylic acids is 1. The van der Waals surface area contributed by atoms with Gasteiger partial charge in [-0.2, -0.15) is 0 Å². The first-order chi connectivity index (χ1) is 9.61. The molecule has 1 atom stereocenters. The fourth-order valence-electron chi connectivity index (χ4n) is 1.74. The van der Waals surface area contributed by atoms with Gasteiger partial charge in [0.05, 0.1) is 5.52 Å². The summed E-state index contributed by atoms with van der Waals surface area (Å²) in [5, 5.41) is 12.2. The van der Waals surface area contributed by atoms with Crippen molar-refractivity contribution in [2.24, 2.45) is 0 Å². The molecule has 0 saturated heterocycles. The van der Waals surface area contributed by atoms with Crippen LogP contribution in [0.2, 0.25) is 0 Å². The third kappa shape index (κ3) is 2.93. The number of hydrogen-bond donors (Lipinski definition) is 2. The lowest BCUT2D eigenvalue weighted by Crippen LogP contribution is -2.40. The lowest BCUT2D eigenvalue weighted by Gasteiger charge is -2.11. The molecule has 0 aliphatic rings. The van der Waals surface area contributed by atoms with E-state index in [9.17, 15) is 9.59 Å². The van der Waals surface area contributed by atoms with Gasteiger partial charge in [0.2, 0.25) is 0 Å². The number of carbonyl (C=O) groups is 2. The zero-order chi connectivity index (χ0) is 14.5. The number of hydrogen-bond acceptors (Lipinski definition) is 3. The minimum absolute atomic E-state index is 0.0747. The van der Waals surface area contributed by atoms with Crippen LogP contribution in [0, 0.1) is 12.3 Å². The summed E-state index contributed by atoms with van der Waals surface area (Å²) in [4.78, 5) is 27.1. The highest BCUT2D eigenvalue weighted by molar-refractivity contribution is 5.97. The molecule has 1 aromatic heterocycles. The Morgan fingerprint density at radius 1 is 1.30 bits per heavy atom. The quantitative estimate of drug-likeness (QED) is 0.822. The normalized spacial score (nSPS) is 11.6. The summed E-state index contributed by atoms with van der Waals surface area (Å²) in [7, 11) is 0. The Kier molecular flexibility index (Phi) is 3.96. The fraction of sp³-hybridized carbons (Fsp3) is 0.133. The minimum Gasteiger partial charge on any atom is -0.480 e. The number of aromatic nitrogens is 1. The van der Waals surface area contributed by atoms with Crippen LogP contribution in [0.3, 0.4) is 0 Å². The van der Waals surface area contributed by atoms with E-state index < -0.39 is 17.9 Å². The first-order valence-electron chi connectivity index (χ1n) is 5.94. The molecule has 0 fully saturated rings. The lowest BCUT2D eigenvalue weighted by molar-refractivity contribution is -0.139. The number of fused-ring (bicyclic) bond motifs is 1. The molecule has 0 radical (unpaired) electrons. The van der Waals surface area contributed by atoms with Gasteiger partial charge < -0.3 is 10.4 Å². The molecule has 2 rings (SSSR count). The molecule has 100 valence electrons. The Hall–Kier alpha value is -2.87. The van der Waals surface area contributed by atoms with Crippen LogP contribution in [0.1, 0.15) is 16.9 Å². The zero-order valence-corrected chi connectivity index (χ0v) is 10.5. The van der Waals surface area contributed by atoms with Gasteiger partial charge in [-0.1, -0.05) is 24.3 Å². The SMILES string of the molecule is C#CC[C@@H](NC(=O)c1ccc2ccccc2n1)C(=O)O. The Labute approximate surface area is 115 Å². The molecule has 1 aromatic carbocycles. The predicted molar refractivity (Wildman–Crippen MR) is 74.1 cm³/mol.